The number of imidazole rings is 1. The first-order valence-electron chi connectivity index (χ1n) is 13.2. The van der Waals surface area contributed by atoms with E-state index in [1.54, 1.807) is 43.0 Å². The van der Waals surface area contributed by atoms with Crippen molar-refractivity contribution in [3.05, 3.63) is 125 Å². The molecule has 1 aliphatic rings. The summed E-state index contributed by atoms with van der Waals surface area (Å²) in [4.78, 5) is 25.1. The van der Waals surface area contributed by atoms with E-state index in [9.17, 15) is 9.18 Å². The van der Waals surface area contributed by atoms with Gasteiger partial charge in [0.2, 0.25) is 11.7 Å². The molecule has 0 saturated carbocycles. The van der Waals surface area contributed by atoms with Crippen molar-refractivity contribution in [2.75, 3.05) is 18.5 Å². The highest BCUT2D eigenvalue weighted by atomic mass is 35.5. The monoisotopic (exact) mass is 619 g/mol. The van der Waals surface area contributed by atoms with Gasteiger partial charge in [0, 0.05) is 40.3 Å². The molecular formula is C31H24Cl2FN5O4. The highest BCUT2D eigenvalue weighted by Gasteiger charge is 2.45. The Morgan fingerprint density at radius 3 is 2.63 bits per heavy atom. The van der Waals surface area contributed by atoms with Crippen LogP contribution in [0.1, 0.15) is 15.9 Å². The number of hydrogen-bond acceptors (Lipinski definition) is 7. The first-order valence-corrected chi connectivity index (χ1v) is 14.0. The molecule has 2 aromatic heterocycles. The molecule has 6 rings (SSSR count). The standard InChI is InChI=1S/C31H24Cl2FN5O4/c32-22-5-10-26(27(33)15-22)31(18-39-14-13-35-19-39)42-17-25(43-31)16-41-24-8-3-20(4-9-24)28-11-12-36-30(37-28)38-29(40)21-1-6-23(34)7-2-21/h1-15,19,25H,16-18H2,(H,36,37,38,40). The van der Waals surface area contributed by atoms with Crippen LogP contribution in [-0.4, -0.2) is 44.7 Å². The minimum Gasteiger partial charge on any atom is -0.491 e. The van der Waals surface area contributed by atoms with E-state index in [1.807, 2.05) is 35.0 Å². The number of anilines is 1. The van der Waals surface area contributed by atoms with E-state index in [0.29, 0.717) is 45.8 Å². The van der Waals surface area contributed by atoms with E-state index < -0.39 is 17.5 Å². The number of benzene rings is 3. The fourth-order valence-corrected chi connectivity index (χ4v) is 5.19. The molecule has 3 aromatic carbocycles. The zero-order valence-corrected chi connectivity index (χ0v) is 24.0. The molecule has 9 nitrogen and oxygen atoms in total. The predicted molar refractivity (Wildman–Crippen MR) is 159 cm³/mol. The SMILES string of the molecule is O=C(Nc1nccc(-c2ccc(OCC3COC(Cn4ccnc4)(c4ccc(Cl)cc4Cl)O3)cc2)n1)c1ccc(F)cc1. The summed E-state index contributed by atoms with van der Waals surface area (Å²) in [5, 5.41) is 3.59. The summed E-state index contributed by atoms with van der Waals surface area (Å²) in [6, 6.07) is 19.5. The van der Waals surface area contributed by atoms with Crippen LogP contribution in [0.4, 0.5) is 10.3 Å². The third-order valence-electron chi connectivity index (χ3n) is 6.72. The maximum atomic E-state index is 13.2. The molecule has 0 spiro atoms. The van der Waals surface area contributed by atoms with Crippen molar-refractivity contribution in [3.8, 4) is 17.0 Å². The van der Waals surface area contributed by atoms with Gasteiger partial charge in [0.1, 0.15) is 24.3 Å². The van der Waals surface area contributed by atoms with Gasteiger partial charge in [-0.1, -0.05) is 29.3 Å². The molecule has 1 N–H and O–H groups in total. The Hall–Kier alpha value is -4.35. The van der Waals surface area contributed by atoms with Crippen LogP contribution in [-0.2, 0) is 21.8 Å². The van der Waals surface area contributed by atoms with E-state index >= 15 is 0 Å². The minimum absolute atomic E-state index is 0.130. The van der Waals surface area contributed by atoms with Crippen LogP contribution in [0.15, 0.2) is 97.7 Å². The van der Waals surface area contributed by atoms with Gasteiger partial charge in [-0.25, -0.2) is 19.3 Å². The molecule has 12 heteroatoms. The van der Waals surface area contributed by atoms with Crippen molar-refractivity contribution in [1.82, 2.24) is 19.5 Å². The van der Waals surface area contributed by atoms with Crippen molar-refractivity contribution in [2.45, 2.75) is 18.4 Å². The number of ether oxygens (including phenoxy) is 3. The molecule has 5 aromatic rings. The van der Waals surface area contributed by atoms with Gasteiger partial charge in [-0.2, -0.15) is 0 Å². The van der Waals surface area contributed by atoms with Gasteiger partial charge in [-0.05, 0) is 66.7 Å². The molecule has 0 aliphatic carbocycles. The second-order valence-electron chi connectivity index (χ2n) is 9.72. The molecule has 1 aliphatic heterocycles. The lowest BCUT2D eigenvalue weighted by molar-refractivity contribution is -0.189. The fraction of sp³-hybridized carbons (Fsp3) is 0.161. The number of carbonyl (C=O) groups is 1. The van der Waals surface area contributed by atoms with Gasteiger partial charge in [0.05, 0.1) is 30.2 Å². The molecule has 1 saturated heterocycles. The maximum Gasteiger partial charge on any atom is 0.258 e. The summed E-state index contributed by atoms with van der Waals surface area (Å²) in [5.74, 6) is -1.25. The normalized spacial score (nSPS) is 18.0. The summed E-state index contributed by atoms with van der Waals surface area (Å²) >= 11 is 12.7. The van der Waals surface area contributed by atoms with Crippen LogP contribution in [0, 0.1) is 5.82 Å². The van der Waals surface area contributed by atoms with Crippen LogP contribution in [0.25, 0.3) is 11.3 Å². The van der Waals surface area contributed by atoms with Gasteiger partial charge >= 0.3 is 0 Å². The lowest BCUT2D eigenvalue weighted by atomic mass is 10.1. The van der Waals surface area contributed by atoms with Crippen LogP contribution in [0.2, 0.25) is 10.0 Å². The van der Waals surface area contributed by atoms with Crippen molar-refractivity contribution >= 4 is 35.1 Å². The van der Waals surface area contributed by atoms with Gasteiger partial charge in [-0.3, -0.25) is 10.1 Å². The van der Waals surface area contributed by atoms with E-state index in [-0.39, 0.29) is 18.7 Å². The van der Waals surface area contributed by atoms with E-state index in [4.69, 9.17) is 37.4 Å². The minimum atomic E-state index is -1.14. The topological polar surface area (TPSA) is 100 Å². The van der Waals surface area contributed by atoms with Crippen LogP contribution in [0.5, 0.6) is 5.75 Å². The van der Waals surface area contributed by atoms with Crippen molar-refractivity contribution in [2.24, 2.45) is 0 Å². The highest BCUT2D eigenvalue weighted by Crippen LogP contribution is 2.40. The molecule has 1 fully saturated rings. The summed E-state index contributed by atoms with van der Waals surface area (Å²) < 4.78 is 33.7. The fourth-order valence-electron chi connectivity index (χ4n) is 4.64. The van der Waals surface area contributed by atoms with Crippen molar-refractivity contribution in [1.29, 1.82) is 0 Å². The number of nitrogens with one attached hydrogen (secondary N) is 1. The predicted octanol–water partition coefficient (Wildman–Crippen LogP) is 6.39. The van der Waals surface area contributed by atoms with Gasteiger partial charge in [-0.15, -0.1) is 0 Å². The van der Waals surface area contributed by atoms with Crippen molar-refractivity contribution < 1.29 is 23.4 Å². The third-order valence-corrected chi connectivity index (χ3v) is 7.27. The Bertz CT molecular complexity index is 1720. The molecule has 2 atom stereocenters. The van der Waals surface area contributed by atoms with Gasteiger partial charge in [0.25, 0.3) is 5.91 Å². The number of aromatic nitrogens is 4. The summed E-state index contributed by atoms with van der Waals surface area (Å²) in [6.45, 7) is 0.868. The average molecular weight is 620 g/mol. The molecule has 0 bridgehead atoms. The molecule has 43 heavy (non-hydrogen) atoms. The molecule has 3 heterocycles. The second kappa shape index (κ2) is 12.5. The Kier molecular flexibility index (Phi) is 8.35. The average Bonchev–Trinajstić information content (AvgIpc) is 3.67. The van der Waals surface area contributed by atoms with Crippen LogP contribution >= 0.6 is 23.2 Å². The highest BCUT2D eigenvalue weighted by molar-refractivity contribution is 6.35. The number of halogens is 3. The van der Waals surface area contributed by atoms with E-state index in [0.717, 1.165) is 5.56 Å². The summed E-state index contributed by atoms with van der Waals surface area (Å²) in [5.41, 5.74) is 2.36. The first-order chi connectivity index (χ1) is 20.9. The number of carbonyl (C=O) groups excluding carboxylic acids is 1. The number of amides is 1. The van der Waals surface area contributed by atoms with Gasteiger partial charge in [0.15, 0.2) is 0 Å². The summed E-state index contributed by atoms with van der Waals surface area (Å²) in [7, 11) is 0. The Labute approximate surface area is 256 Å². The zero-order valence-electron chi connectivity index (χ0n) is 22.5. The quantitative estimate of drug-likeness (QED) is 0.204. The molecule has 2 unspecified atom stereocenters. The number of rotatable bonds is 9. The number of hydrogen-bond donors (Lipinski definition) is 1. The van der Waals surface area contributed by atoms with E-state index in [2.05, 4.69) is 20.3 Å². The molecular weight excluding hydrogens is 596 g/mol. The smallest absolute Gasteiger partial charge is 0.258 e. The maximum absolute atomic E-state index is 13.2. The second-order valence-corrected chi connectivity index (χ2v) is 10.6. The largest absolute Gasteiger partial charge is 0.491 e. The van der Waals surface area contributed by atoms with Crippen LogP contribution in [0.3, 0.4) is 0 Å². The van der Waals surface area contributed by atoms with Crippen molar-refractivity contribution in [3.63, 3.8) is 0 Å². The third kappa shape index (κ3) is 6.68. The Morgan fingerprint density at radius 1 is 1.07 bits per heavy atom. The van der Waals surface area contributed by atoms with Crippen LogP contribution < -0.4 is 10.1 Å². The Morgan fingerprint density at radius 2 is 1.88 bits per heavy atom. The summed E-state index contributed by atoms with van der Waals surface area (Å²) in [6.07, 6.45) is 6.37. The van der Waals surface area contributed by atoms with E-state index in [1.165, 1.54) is 24.3 Å². The first kappa shape index (κ1) is 28.8. The lowest BCUT2D eigenvalue weighted by Gasteiger charge is -2.30. The molecule has 1 amide bonds. The molecule has 0 radical (unpaired) electrons. The zero-order chi connectivity index (χ0) is 29.8. The van der Waals surface area contributed by atoms with Gasteiger partial charge < -0.3 is 18.8 Å². The lowest BCUT2D eigenvalue weighted by Crippen LogP contribution is -2.34. The number of nitrogens with zero attached hydrogens (tertiary/aromatic N) is 4. The molecule has 218 valence electrons. The Balaban J connectivity index is 1.10.